The minimum Gasteiger partial charge on any atom is -0.395 e. The molecule has 2 saturated heterocycles. The summed E-state index contributed by atoms with van der Waals surface area (Å²) in [4.78, 5) is 0. The van der Waals surface area contributed by atoms with Crippen molar-refractivity contribution in [3.05, 3.63) is 0 Å². The lowest BCUT2D eigenvalue weighted by Gasteiger charge is -2.34. The molecule has 0 amide bonds. The monoisotopic (exact) mass is 326 g/mol. The smallest absolute Gasteiger partial charge is 0.109 e. The zero-order valence-corrected chi connectivity index (χ0v) is 12.0. The Balaban J connectivity index is 0.000000220. The number of piperidine rings is 2. The van der Waals surface area contributed by atoms with E-state index in [1.807, 2.05) is 0 Å². The SMILES string of the molecule is OCC1NCC(O)[C@H](O)[C@@H]1O.OC[C@H]1NCC(O)[C@@H](O)C1O. The van der Waals surface area contributed by atoms with Crippen LogP contribution in [0, 0.1) is 0 Å². The molecule has 8 atom stereocenters. The van der Waals surface area contributed by atoms with E-state index in [9.17, 15) is 10.2 Å². The van der Waals surface area contributed by atoms with Crippen molar-refractivity contribution in [2.45, 2.75) is 48.7 Å². The van der Waals surface area contributed by atoms with Crippen LogP contribution in [-0.2, 0) is 0 Å². The van der Waals surface area contributed by atoms with Crippen LogP contribution in [0.4, 0.5) is 0 Å². The molecule has 0 aromatic heterocycles. The van der Waals surface area contributed by atoms with Gasteiger partial charge in [0.15, 0.2) is 0 Å². The normalized spacial score (nSPS) is 45.8. The molecule has 0 spiro atoms. The fourth-order valence-corrected chi connectivity index (χ4v) is 2.30. The summed E-state index contributed by atoms with van der Waals surface area (Å²) in [5.74, 6) is 0. The van der Waals surface area contributed by atoms with Crippen LogP contribution in [0.5, 0.6) is 0 Å². The maximum absolute atomic E-state index is 9.18. The molecule has 10 nitrogen and oxygen atoms in total. The molecule has 2 rings (SSSR count). The first kappa shape index (κ1) is 19.6. The average Bonchev–Trinajstić information content (AvgIpc) is 2.51. The first-order valence-electron chi connectivity index (χ1n) is 7.10. The Morgan fingerprint density at radius 1 is 0.591 bits per heavy atom. The summed E-state index contributed by atoms with van der Waals surface area (Å²) in [6.07, 6.45) is -6.41. The van der Waals surface area contributed by atoms with Crippen LogP contribution in [0.2, 0.25) is 0 Å². The van der Waals surface area contributed by atoms with Crippen LogP contribution in [-0.4, -0.2) is 116 Å². The van der Waals surface area contributed by atoms with Crippen LogP contribution in [0.3, 0.4) is 0 Å². The lowest BCUT2D eigenvalue weighted by molar-refractivity contribution is -0.101. The van der Waals surface area contributed by atoms with E-state index in [4.69, 9.17) is 30.6 Å². The minimum absolute atomic E-state index is 0.198. The maximum Gasteiger partial charge on any atom is 0.109 e. The van der Waals surface area contributed by atoms with E-state index in [0.29, 0.717) is 0 Å². The fraction of sp³-hybridized carbons (Fsp3) is 1.00. The Morgan fingerprint density at radius 2 is 0.909 bits per heavy atom. The third kappa shape index (κ3) is 4.80. The number of β-amino-alcohol motifs (C(OH)–C–C–N with tert-alkyl or cyclic N) is 2. The highest BCUT2D eigenvalue weighted by atomic mass is 16.4. The summed E-state index contributed by atoms with van der Waals surface area (Å²) in [5, 5.41) is 77.2. The highest BCUT2D eigenvalue weighted by molar-refractivity contribution is 4.92. The topological polar surface area (TPSA) is 186 Å². The zero-order valence-electron chi connectivity index (χ0n) is 12.0. The molecule has 4 unspecified atom stereocenters. The van der Waals surface area contributed by atoms with Crippen molar-refractivity contribution in [2.75, 3.05) is 26.3 Å². The van der Waals surface area contributed by atoms with Crippen molar-refractivity contribution in [2.24, 2.45) is 0 Å². The second-order valence-corrected chi connectivity index (χ2v) is 5.49. The van der Waals surface area contributed by atoms with Gasteiger partial charge in [-0.25, -0.2) is 0 Å². The number of rotatable bonds is 2. The van der Waals surface area contributed by atoms with Gasteiger partial charge in [0.25, 0.3) is 0 Å². The van der Waals surface area contributed by atoms with Gasteiger partial charge in [-0.2, -0.15) is 0 Å². The number of aliphatic hydroxyl groups is 8. The third-order valence-corrected chi connectivity index (χ3v) is 3.88. The van der Waals surface area contributed by atoms with Gasteiger partial charge >= 0.3 is 0 Å². The van der Waals surface area contributed by atoms with E-state index >= 15 is 0 Å². The van der Waals surface area contributed by atoms with E-state index in [-0.39, 0.29) is 26.3 Å². The lowest BCUT2D eigenvalue weighted by atomic mass is 9.97. The second-order valence-electron chi connectivity index (χ2n) is 5.49. The van der Waals surface area contributed by atoms with Gasteiger partial charge in [-0.15, -0.1) is 0 Å². The standard InChI is InChI=1S/2C6H13NO4/c2*8-2-3-5(10)6(11)4(9)1-7-3/h2*3-11H,1-2H2/t3?,4?,5-,6+;3-,4?,5?,6-/m11/s1. The van der Waals surface area contributed by atoms with Gasteiger partial charge in [0.1, 0.15) is 12.2 Å². The van der Waals surface area contributed by atoms with Gasteiger partial charge in [0, 0.05) is 13.1 Å². The molecule has 2 fully saturated rings. The summed E-state index contributed by atoms with van der Waals surface area (Å²) < 4.78 is 0. The lowest BCUT2D eigenvalue weighted by Crippen LogP contribution is -2.60. The zero-order chi connectivity index (χ0) is 16.9. The quantitative estimate of drug-likeness (QED) is 0.234. The molecule has 0 aliphatic carbocycles. The molecule has 2 aliphatic rings. The van der Waals surface area contributed by atoms with Crippen LogP contribution in [0.25, 0.3) is 0 Å². The van der Waals surface area contributed by atoms with Crippen molar-refractivity contribution in [1.82, 2.24) is 10.6 Å². The molecular formula is C12H26N2O8. The molecule has 10 N–H and O–H groups in total. The summed E-state index contributed by atoms with van der Waals surface area (Å²) in [6, 6.07) is -1.07. The fourth-order valence-electron chi connectivity index (χ4n) is 2.30. The summed E-state index contributed by atoms with van der Waals surface area (Å²) >= 11 is 0. The van der Waals surface area contributed by atoms with Crippen molar-refractivity contribution in [3.8, 4) is 0 Å². The predicted octanol–water partition coefficient (Wildman–Crippen LogP) is -5.93. The maximum atomic E-state index is 9.18. The van der Waals surface area contributed by atoms with Crippen LogP contribution < -0.4 is 10.6 Å². The number of hydrogen-bond acceptors (Lipinski definition) is 10. The van der Waals surface area contributed by atoms with Gasteiger partial charge in [-0.3, -0.25) is 0 Å². The third-order valence-electron chi connectivity index (χ3n) is 3.88. The van der Waals surface area contributed by atoms with E-state index in [0.717, 1.165) is 0 Å². The van der Waals surface area contributed by atoms with E-state index < -0.39 is 48.7 Å². The van der Waals surface area contributed by atoms with Gasteiger partial charge in [-0.05, 0) is 0 Å². The van der Waals surface area contributed by atoms with Gasteiger partial charge in [0.05, 0.1) is 49.7 Å². The largest absolute Gasteiger partial charge is 0.395 e. The molecule has 2 heterocycles. The highest BCUT2D eigenvalue weighted by Gasteiger charge is 2.36. The Hall–Kier alpha value is -0.400. The second kappa shape index (κ2) is 9.03. The molecule has 2 aliphatic heterocycles. The van der Waals surface area contributed by atoms with Crippen LogP contribution in [0.1, 0.15) is 0 Å². The first-order chi connectivity index (χ1) is 10.3. The van der Waals surface area contributed by atoms with Crippen molar-refractivity contribution in [1.29, 1.82) is 0 Å². The Bertz CT molecular complexity index is 290. The molecule has 0 bridgehead atoms. The summed E-state index contributed by atoms with van der Waals surface area (Å²) in [7, 11) is 0. The highest BCUT2D eigenvalue weighted by Crippen LogP contribution is 2.10. The molecule has 0 aromatic carbocycles. The summed E-state index contributed by atoms with van der Waals surface area (Å²) in [6.45, 7) is -0.0944. The number of aliphatic hydroxyl groups excluding tert-OH is 8. The molecule has 0 aromatic rings. The molecule has 10 heteroatoms. The molecule has 22 heavy (non-hydrogen) atoms. The van der Waals surface area contributed by atoms with Crippen molar-refractivity contribution < 1.29 is 40.9 Å². The van der Waals surface area contributed by atoms with E-state index in [1.165, 1.54) is 0 Å². The van der Waals surface area contributed by atoms with Gasteiger partial charge in [0.2, 0.25) is 0 Å². The molecule has 132 valence electrons. The Kier molecular flexibility index (Phi) is 8.07. The van der Waals surface area contributed by atoms with Gasteiger partial charge < -0.3 is 51.5 Å². The summed E-state index contributed by atoms with van der Waals surface area (Å²) in [5.41, 5.74) is 0. The Morgan fingerprint density at radius 3 is 1.18 bits per heavy atom. The van der Waals surface area contributed by atoms with Crippen LogP contribution >= 0.6 is 0 Å². The van der Waals surface area contributed by atoms with Gasteiger partial charge in [-0.1, -0.05) is 0 Å². The van der Waals surface area contributed by atoms with Crippen molar-refractivity contribution in [3.63, 3.8) is 0 Å². The van der Waals surface area contributed by atoms with E-state index in [2.05, 4.69) is 10.6 Å². The predicted molar refractivity (Wildman–Crippen MR) is 73.8 cm³/mol. The van der Waals surface area contributed by atoms with Crippen molar-refractivity contribution >= 4 is 0 Å². The number of nitrogens with one attached hydrogen (secondary N) is 2. The first-order valence-corrected chi connectivity index (χ1v) is 7.10. The Labute approximate surface area is 127 Å². The minimum atomic E-state index is -1.16. The average molecular weight is 326 g/mol. The number of hydrogen-bond donors (Lipinski definition) is 10. The van der Waals surface area contributed by atoms with Crippen LogP contribution in [0.15, 0.2) is 0 Å². The van der Waals surface area contributed by atoms with E-state index in [1.54, 1.807) is 0 Å². The molecule has 0 radical (unpaired) electrons. The molecule has 0 saturated carbocycles. The molecular weight excluding hydrogens is 300 g/mol.